The lowest BCUT2D eigenvalue weighted by Crippen LogP contribution is -2.39. The monoisotopic (exact) mass is 392 g/mol. The van der Waals surface area contributed by atoms with Gasteiger partial charge in [-0.3, -0.25) is 0 Å². The second kappa shape index (κ2) is 7.92. The third kappa shape index (κ3) is 3.91. The maximum absolute atomic E-state index is 13.1. The van der Waals surface area contributed by atoms with Crippen LogP contribution in [0, 0.1) is 5.41 Å². The van der Waals surface area contributed by atoms with Gasteiger partial charge in [0.25, 0.3) is 0 Å². The van der Waals surface area contributed by atoms with Crippen LogP contribution in [-0.2, 0) is 16.4 Å². The first-order valence-corrected chi connectivity index (χ1v) is 10.3. The van der Waals surface area contributed by atoms with Crippen molar-refractivity contribution in [3.8, 4) is 0 Å². The molecule has 1 aromatic rings. The largest absolute Gasteiger partial charge is 0.317 e. The van der Waals surface area contributed by atoms with E-state index >= 15 is 0 Å². The molecule has 2 fully saturated rings. The summed E-state index contributed by atoms with van der Waals surface area (Å²) in [5, 5.41) is 3.69. The van der Waals surface area contributed by atoms with E-state index in [0.29, 0.717) is 18.1 Å². The van der Waals surface area contributed by atoms with Crippen molar-refractivity contribution < 1.29 is 8.42 Å². The summed E-state index contributed by atoms with van der Waals surface area (Å²) in [6.45, 7) is 5.30. The highest BCUT2D eigenvalue weighted by Crippen LogP contribution is 2.41. The van der Waals surface area contributed by atoms with E-state index in [1.165, 1.54) is 0 Å². The number of aryl methyl sites for hydroxylation is 1. The molecule has 1 N–H and O–H groups in total. The highest BCUT2D eigenvalue weighted by molar-refractivity contribution is 7.89. The molecule has 1 aromatic carbocycles. The molecule has 0 unspecified atom stereocenters. The number of hydrogen-bond acceptors (Lipinski definition) is 3. The summed E-state index contributed by atoms with van der Waals surface area (Å²) in [4.78, 5) is 0.274. The van der Waals surface area contributed by atoms with E-state index in [1.807, 2.05) is 6.07 Å². The quantitative estimate of drug-likeness (QED) is 0.852. The van der Waals surface area contributed by atoms with Gasteiger partial charge in [0.05, 0.1) is 5.02 Å². The van der Waals surface area contributed by atoms with Gasteiger partial charge in [-0.2, -0.15) is 4.31 Å². The van der Waals surface area contributed by atoms with Crippen molar-refractivity contribution in [3.63, 3.8) is 0 Å². The minimum Gasteiger partial charge on any atom is -0.317 e. The van der Waals surface area contributed by atoms with Gasteiger partial charge in [-0.15, -0.1) is 12.4 Å². The van der Waals surface area contributed by atoms with Crippen molar-refractivity contribution in [1.82, 2.24) is 9.62 Å². The average molecular weight is 393 g/mol. The number of piperidine rings is 1. The van der Waals surface area contributed by atoms with E-state index < -0.39 is 10.0 Å². The fourth-order valence-corrected chi connectivity index (χ4v) is 5.87. The molecular weight excluding hydrogens is 367 g/mol. The van der Waals surface area contributed by atoms with Crippen LogP contribution in [0.4, 0.5) is 0 Å². The Morgan fingerprint density at radius 3 is 2.62 bits per heavy atom. The Hall–Kier alpha value is -0.330. The van der Waals surface area contributed by atoms with Gasteiger partial charge in [-0.05, 0) is 61.9 Å². The molecule has 2 aliphatic rings. The maximum atomic E-state index is 13.1. The molecule has 136 valence electrons. The van der Waals surface area contributed by atoms with Crippen LogP contribution in [0.2, 0.25) is 5.02 Å². The molecule has 0 aliphatic carbocycles. The zero-order valence-electron chi connectivity index (χ0n) is 14.1. The van der Waals surface area contributed by atoms with Crippen LogP contribution in [-0.4, -0.2) is 38.9 Å². The SMILES string of the molecule is CCCc1ccc(Cl)c(S(=O)(=O)N2CCC3(CCNCC3)C2)c1.Cl. The fraction of sp³-hybridized carbons (Fsp3) is 0.647. The molecule has 7 heteroatoms. The van der Waals surface area contributed by atoms with Gasteiger partial charge in [-0.1, -0.05) is 31.0 Å². The molecule has 0 bridgehead atoms. The molecule has 0 saturated carbocycles. The van der Waals surface area contributed by atoms with Crippen molar-refractivity contribution >= 4 is 34.0 Å². The number of nitrogens with one attached hydrogen (secondary N) is 1. The molecule has 0 radical (unpaired) electrons. The van der Waals surface area contributed by atoms with Crippen molar-refractivity contribution in [1.29, 1.82) is 0 Å². The molecule has 1 spiro atoms. The molecule has 2 heterocycles. The topological polar surface area (TPSA) is 49.4 Å². The number of sulfonamides is 1. The lowest BCUT2D eigenvalue weighted by molar-refractivity contribution is 0.218. The fourth-order valence-electron chi connectivity index (χ4n) is 3.79. The number of rotatable bonds is 4. The predicted molar refractivity (Wildman–Crippen MR) is 101 cm³/mol. The van der Waals surface area contributed by atoms with Crippen molar-refractivity contribution in [2.75, 3.05) is 26.2 Å². The average Bonchev–Trinajstić information content (AvgIpc) is 2.94. The molecule has 3 rings (SSSR count). The highest BCUT2D eigenvalue weighted by atomic mass is 35.5. The molecule has 2 aliphatic heterocycles. The van der Waals surface area contributed by atoms with Crippen LogP contribution < -0.4 is 5.32 Å². The van der Waals surface area contributed by atoms with Crippen LogP contribution in [0.3, 0.4) is 0 Å². The van der Waals surface area contributed by atoms with Gasteiger partial charge in [0.2, 0.25) is 10.0 Å². The van der Waals surface area contributed by atoms with Crippen molar-refractivity contribution in [3.05, 3.63) is 28.8 Å². The van der Waals surface area contributed by atoms with E-state index in [0.717, 1.165) is 50.8 Å². The number of hydrogen-bond donors (Lipinski definition) is 1. The minimum atomic E-state index is -3.50. The standard InChI is InChI=1S/C17H25ClN2O2S.ClH/c1-2-3-14-4-5-15(18)16(12-14)23(21,22)20-11-8-17(13-20)6-9-19-10-7-17;/h4-5,12,19H,2-3,6-11,13H2,1H3;1H. The van der Waals surface area contributed by atoms with E-state index in [-0.39, 0.29) is 22.7 Å². The zero-order valence-corrected chi connectivity index (χ0v) is 16.4. The third-order valence-electron chi connectivity index (χ3n) is 5.22. The number of halogens is 2. The van der Waals surface area contributed by atoms with Gasteiger partial charge in [0.15, 0.2) is 0 Å². The lowest BCUT2D eigenvalue weighted by Gasteiger charge is -2.33. The number of nitrogens with zero attached hydrogens (tertiary/aromatic N) is 1. The Morgan fingerprint density at radius 2 is 1.96 bits per heavy atom. The summed E-state index contributed by atoms with van der Waals surface area (Å²) in [7, 11) is -3.50. The molecule has 0 amide bonds. The second-order valence-corrected chi connectivity index (χ2v) is 9.17. The smallest absolute Gasteiger partial charge is 0.244 e. The highest BCUT2D eigenvalue weighted by Gasteiger charge is 2.43. The Kier molecular flexibility index (Phi) is 6.59. The summed E-state index contributed by atoms with van der Waals surface area (Å²) < 4.78 is 27.8. The molecule has 4 nitrogen and oxygen atoms in total. The van der Waals surface area contributed by atoms with Crippen molar-refractivity contribution in [2.45, 2.75) is 43.9 Å². The summed E-state index contributed by atoms with van der Waals surface area (Å²) >= 11 is 6.22. The van der Waals surface area contributed by atoms with E-state index in [9.17, 15) is 8.42 Å². The van der Waals surface area contributed by atoms with Crippen LogP contribution >= 0.6 is 24.0 Å². The third-order valence-corrected chi connectivity index (χ3v) is 7.55. The van der Waals surface area contributed by atoms with Gasteiger partial charge in [0.1, 0.15) is 4.90 Å². The normalized spacial score (nSPS) is 20.9. The molecule has 2 saturated heterocycles. The first kappa shape index (κ1) is 20.0. The Morgan fingerprint density at radius 1 is 1.25 bits per heavy atom. The Bertz CT molecular complexity index is 673. The maximum Gasteiger partial charge on any atom is 0.244 e. The van der Waals surface area contributed by atoms with Gasteiger partial charge in [-0.25, -0.2) is 8.42 Å². The van der Waals surface area contributed by atoms with Gasteiger partial charge >= 0.3 is 0 Å². The molecule has 0 aromatic heterocycles. The van der Waals surface area contributed by atoms with E-state index in [1.54, 1.807) is 16.4 Å². The summed E-state index contributed by atoms with van der Waals surface area (Å²) in [6.07, 6.45) is 4.93. The van der Waals surface area contributed by atoms with Crippen LogP contribution in [0.15, 0.2) is 23.1 Å². The summed E-state index contributed by atoms with van der Waals surface area (Å²) in [5.74, 6) is 0. The number of benzene rings is 1. The molecule has 24 heavy (non-hydrogen) atoms. The van der Waals surface area contributed by atoms with Crippen LogP contribution in [0.1, 0.15) is 38.2 Å². The van der Waals surface area contributed by atoms with Gasteiger partial charge < -0.3 is 5.32 Å². The van der Waals surface area contributed by atoms with Crippen molar-refractivity contribution in [2.24, 2.45) is 5.41 Å². The van der Waals surface area contributed by atoms with Crippen LogP contribution in [0.5, 0.6) is 0 Å². The van der Waals surface area contributed by atoms with Crippen LogP contribution in [0.25, 0.3) is 0 Å². The first-order chi connectivity index (χ1) is 11.0. The van der Waals surface area contributed by atoms with Gasteiger partial charge in [0, 0.05) is 13.1 Å². The summed E-state index contributed by atoms with van der Waals surface area (Å²) in [6, 6.07) is 5.40. The first-order valence-electron chi connectivity index (χ1n) is 8.46. The Balaban J connectivity index is 0.00000208. The minimum absolute atomic E-state index is 0. The zero-order chi connectivity index (χ0) is 16.5. The Labute approximate surface area is 156 Å². The predicted octanol–water partition coefficient (Wildman–Crippen LogP) is 3.48. The molecule has 0 atom stereocenters. The molecular formula is C17H26Cl2N2O2S. The second-order valence-electron chi connectivity index (χ2n) is 6.85. The van der Waals surface area contributed by atoms with E-state index in [2.05, 4.69) is 12.2 Å². The van der Waals surface area contributed by atoms with E-state index in [4.69, 9.17) is 11.6 Å². The summed E-state index contributed by atoms with van der Waals surface area (Å²) in [5.41, 5.74) is 1.19. The lowest BCUT2D eigenvalue weighted by atomic mass is 9.78.